The van der Waals surface area contributed by atoms with Gasteiger partial charge in [-0.15, -0.1) is 0 Å². The Balaban J connectivity index is 1.92. The number of hydrogen-bond acceptors (Lipinski definition) is 5. The van der Waals surface area contributed by atoms with Crippen LogP contribution in [0, 0.1) is 0 Å². The predicted molar refractivity (Wildman–Crippen MR) is 103 cm³/mol. The van der Waals surface area contributed by atoms with Crippen molar-refractivity contribution in [2.75, 3.05) is 20.3 Å². The third-order valence-electron chi connectivity index (χ3n) is 4.40. The molecule has 1 saturated heterocycles. The van der Waals surface area contributed by atoms with E-state index in [0.29, 0.717) is 15.8 Å². The minimum Gasteiger partial charge on any atom is -0.469 e. The molecule has 0 aliphatic carbocycles. The highest BCUT2D eigenvalue weighted by Crippen LogP contribution is 2.35. The largest absolute Gasteiger partial charge is 0.469 e. The van der Waals surface area contributed by atoms with Gasteiger partial charge in [0.15, 0.2) is 0 Å². The van der Waals surface area contributed by atoms with E-state index < -0.39 is 23.8 Å². The normalized spacial score (nSPS) is 13.9. The number of hydrogen-bond donors (Lipinski definition) is 0. The zero-order valence-electron chi connectivity index (χ0n) is 15.8. The van der Waals surface area contributed by atoms with Gasteiger partial charge in [-0.2, -0.15) is 13.2 Å². The van der Waals surface area contributed by atoms with Crippen LogP contribution in [0.15, 0.2) is 40.9 Å². The van der Waals surface area contributed by atoms with E-state index in [0.717, 1.165) is 12.1 Å². The number of methoxy groups -OCH3 is 1. The Kier molecular flexibility index (Phi) is 6.55. The smallest absolute Gasteiger partial charge is 0.416 e. The number of carbonyl (C=O) groups is 2. The van der Waals surface area contributed by atoms with Gasteiger partial charge in [0, 0.05) is 10.0 Å². The standard InChI is InChI=1S/C20H17BrF3NO5/c1-28-18(26)10-12-9-15(3-4-16(12)21)30-17-5-2-14(20(22,23)24)8-13(17)11-25-6-7-29-19(25)27/h2-5,8-9H,6-7,10-11H2,1H3. The average molecular weight is 488 g/mol. The molecule has 0 bridgehead atoms. The summed E-state index contributed by atoms with van der Waals surface area (Å²) < 4.78 is 55.5. The highest BCUT2D eigenvalue weighted by Gasteiger charge is 2.32. The molecule has 2 aromatic carbocycles. The van der Waals surface area contributed by atoms with Crippen molar-refractivity contribution >= 4 is 28.0 Å². The van der Waals surface area contributed by atoms with Crippen molar-refractivity contribution in [3.8, 4) is 11.5 Å². The summed E-state index contributed by atoms with van der Waals surface area (Å²) in [4.78, 5) is 24.6. The number of rotatable bonds is 6. The van der Waals surface area contributed by atoms with Gasteiger partial charge in [-0.3, -0.25) is 4.79 Å². The third-order valence-corrected chi connectivity index (χ3v) is 5.18. The average Bonchev–Trinajstić information content (AvgIpc) is 3.09. The van der Waals surface area contributed by atoms with E-state index in [1.54, 1.807) is 18.2 Å². The Hall–Kier alpha value is -2.75. The van der Waals surface area contributed by atoms with Gasteiger partial charge in [0.1, 0.15) is 18.1 Å². The van der Waals surface area contributed by atoms with Crippen molar-refractivity contribution in [1.29, 1.82) is 0 Å². The van der Waals surface area contributed by atoms with Crippen LogP contribution in [0.3, 0.4) is 0 Å². The molecule has 6 nitrogen and oxygen atoms in total. The fourth-order valence-electron chi connectivity index (χ4n) is 2.86. The number of cyclic esters (lactones) is 1. The monoisotopic (exact) mass is 487 g/mol. The Morgan fingerprint density at radius 2 is 1.97 bits per heavy atom. The molecule has 160 valence electrons. The number of alkyl halides is 3. The van der Waals surface area contributed by atoms with Crippen LogP contribution in [0.4, 0.5) is 18.0 Å². The van der Waals surface area contributed by atoms with Gasteiger partial charge >= 0.3 is 18.2 Å². The van der Waals surface area contributed by atoms with E-state index in [9.17, 15) is 22.8 Å². The highest BCUT2D eigenvalue weighted by molar-refractivity contribution is 9.10. The second kappa shape index (κ2) is 8.95. The molecule has 0 aromatic heterocycles. The topological polar surface area (TPSA) is 65.1 Å². The van der Waals surface area contributed by atoms with Gasteiger partial charge in [-0.1, -0.05) is 15.9 Å². The van der Waals surface area contributed by atoms with Crippen LogP contribution in [0.1, 0.15) is 16.7 Å². The lowest BCUT2D eigenvalue weighted by Gasteiger charge is -2.18. The van der Waals surface area contributed by atoms with E-state index in [4.69, 9.17) is 9.47 Å². The molecule has 3 rings (SSSR count). The predicted octanol–water partition coefficient (Wildman–Crippen LogP) is 4.93. The maximum Gasteiger partial charge on any atom is 0.416 e. The number of ether oxygens (including phenoxy) is 3. The Morgan fingerprint density at radius 3 is 2.60 bits per heavy atom. The van der Waals surface area contributed by atoms with Crippen molar-refractivity contribution < 1.29 is 37.0 Å². The van der Waals surface area contributed by atoms with Crippen LogP contribution < -0.4 is 4.74 Å². The molecule has 1 heterocycles. The molecule has 0 saturated carbocycles. The van der Waals surface area contributed by atoms with Crippen LogP contribution in [-0.4, -0.2) is 37.2 Å². The summed E-state index contributed by atoms with van der Waals surface area (Å²) in [6.07, 6.45) is -5.14. The zero-order valence-corrected chi connectivity index (χ0v) is 17.4. The summed E-state index contributed by atoms with van der Waals surface area (Å²) in [5.74, 6) is 0.0340. The fraction of sp³-hybridized carbons (Fsp3) is 0.300. The van der Waals surface area contributed by atoms with Crippen molar-refractivity contribution in [1.82, 2.24) is 4.90 Å². The number of nitrogens with zero attached hydrogens (tertiary/aromatic N) is 1. The van der Waals surface area contributed by atoms with Crippen LogP contribution >= 0.6 is 15.9 Å². The van der Waals surface area contributed by atoms with Gasteiger partial charge in [0.2, 0.25) is 0 Å². The molecule has 0 spiro atoms. The molecule has 1 fully saturated rings. The first kappa shape index (κ1) is 21.9. The second-order valence-corrected chi connectivity index (χ2v) is 7.32. The molecule has 10 heteroatoms. The minimum absolute atomic E-state index is 0.00618. The maximum absolute atomic E-state index is 13.2. The molecule has 1 aliphatic heterocycles. The summed E-state index contributed by atoms with van der Waals surface area (Å²) in [5, 5.41) is 0. The van der Waals surface area contributed by atoms with E-state index >= 15 is 0 Å². The maximum atomic E-state index is 13.2. The quantitative estimate of drug-likeness (QED) is 0.540. The molecule has 2 aromatic rings. The summed E-state index contributed by atoms with van der Waals surface area (Å²) in [6.45, 7) is 0.358. The molecule has 0 radical (unpaired) electrons. The number of halogens is 4. The van der Waals surface area contributed by atoms with Gasteiger partial charge in [0.05, 0.1) is 32.2 Å². The molecule has 0 N–H and O–H groups in total. The first-order valence-electron chi connectivity index (χ1n) is 8.82. The van der Waals surface area contributed by atoms with Gasteiger partial charge in [0.25, 0.3) is 0 Å². The van der Waals surface area contributed by atoms with Crippen LogP contribution in [0.2, 0.25) is 0 Å². The van der Waals surface area contributed by atoms with Crippen LogP contribution in [0.25, 0.3) is 0 Å². The molecule has 30 heavy (non-hydrogen) atoms. The Morgan fingerprint density at radius 1 is 1.20 bits per heavy atom. The number of benzene rings is 2. The molecule has 1 aliphatic rings. The lowest BCUT2D eigenvalue weighted by molar-refractivity contribution is -0.140. The van der Waals surface area contributed by atoms with Crippen molar-refractivity contribution in [3.05, 3.63) is 57.6 Å². The van der Waals surface area contributed by atoms with Gasteiger partial charge in [-0.05, 0) is 42.0 Å². The summed E-state index contributed by atoms with van der Waals surface area (Å²) in [7, 11) is 1.27. The van der Waals surface area contributed by atoms with E-state index in [2.05, 4.69) is 20.7 Å². The number of amides is 1. The highest BCUT2D eigenvalue weighted by atomic mass is 79.9. The Bertz CT molecular complexity index is 964. The van der Waals surface area contributed by atoms with Crippen molar-refractivity contribution in [2.45, 2.75) is 19.1 Å². The second-order valence-electron chi connectivity index (χ2n) is 6.46. The molecular formula is C20H17BrF3NO5. The SMILES string of the molecule is COC(=O)Cc1cc(Oc2ccc(C(F)(F)F)cc2CN2CCOC2=O)ccc1Br. The fourth-order valence-corrected chi connectivity index (χ4v) is 3.25. The first-order chi connectivity index (χ1) is 14.2. The number of esters is 1. The van der Waals surface area contributed by atoms with Gasteiger partial charge in [-0.25, -0.2) is 4.79 Å². The van der Waals surface area contributed by atoms with Crippen LogP contribution in [0.5, 0.6) is 11.5 Å². The zero-order chi connectivity index (χ0) is 21.9. The van der Waals surface area contributed by atoms with E-state index in [1.807, 2.05) is 0 Å². The lowest BCUT2D eigenvalue weighted by atomic mass is 10.1. The third kappa shape index (κ3) is 5.24. The lowest BCUT2D eigenvalue weighted by Crippen LogP contribution is -2.24. The van der Waals surface area contributed by atoms with Gasteiger partial charge < -0.3 is 19.1 Å². The number of carbonyl (C=O) groups excluding carboxylic acids is 2. The van der Waals surface area contributed by atoms with Crippen molar-refractivity contribution in [3.63, 3.8) is 0 Å². The molecule has 0 atom stereocenters. The minimum atomic E-state index is -4.54. The molecule has 0 unspecified atom stereocenters. The Labute approximate surface area is 178 Å². The van der Waals surface area contributed by atoms with Crippen molar-refractivity contribution in [2.24, 2.45) is 0 Å². The summed E-state index contributed by atoms with van der Waals surface area (Å²) >= 11 is 3.34. The van der Waals surface area contributed by atoms with E-state index in [1.165, 1.54) is 18.1 Å². The molecular weight excluding hydrogens is 471 g/mol. The van der Waals surface area contributed by atoms with E-state index in [-0.39, 0.29) is 37.4 Å². The summed E-state index contributed by atoms with van der Waals surface area (Å²) in [6, 6.07) is 7.93. The first-order valence-corrected chi connectivity index (χ1v) is 9.61. The summed E-state index contributed by atoms with van der Waals surface area (Å²) in [5.41, 5.74) is -0.0726. The molecule has 1 amide bonds. The van der Waals surface area contributed by atoms with Crippen LogP contribution in [-0.2, 0) is 33.4 Å².